The molecular formula is C39H64FN3O5. The van der Waals surface area contributed by atoms with E-state index in [0.29, 0.717) is 19.0 Å². The van der Waals surface area contributed by atoms with Gasteiger partial charge in [-0.3, -0.25) is 14.4 Å². The quantitative estimate of drug-likeness (QED) is 0.138. The number of carbonyl (C=O) groups excluding carboxylic acids is 3. The lowest BCUT2D eigenvalue weighted by Crippen LogP contribution is -2.44. The van der Waals surface area contributed by atoms with Gasteiger partial charge in [0.05, 0.1) is 17.6 Å². The molecule has 0 saturated heterocycles. The Bertz CT molecular complexity index is 1160. The van der Waals surface area contributed by atoms with Crippen LogP contribution < -0.4 is 20.7 Å². The molecule has 1 saturated carbocycles. The van der Waals surface area contributed by atoms with Crippen molar-refractivity contribution in [1.82, 2.24) is 16.0 Å². The van der Waals surface area contributed by atoms with Crippen LogP contribution in [-0.4, -0.2) is 60.6 Å². The molecule has 0 radical (unpaired) electrons. The Balaban J connectivity index is 0.000000793. The number of halogens is 1. The lowest BCUT2D eigenvalue weighted by molar-refractivity contribution is -0.131. The molecule has 0 spiro atoms. The second-order valence-electron chi connectivity index (χ2n) is 12.3. The fourth-order valence-electron chi connectivity index (χ4n) is 4.82. The predicted octanol–water partition coefficient (Wildman–Crippen LogP) is 6.73. The van der Waals surface area contributed by atoms with E-state index in [1.165, 1.54) is 23.3 Å². The first-order valence-electron chi connectivity index (χ1n) is 17.8. The highest BCUT2D eigenvalue weighted by molar-refractivity contribution is 5.82. The maximum atomic E-state index is 12.1. The van der Waals surface area contributed by atoms with E-state index in [1.54, 1.807) is 39.8 Å². The van der Waals surface area contributed by atoms with Gasteiger partial charge in [-0.2, -0.15) is 0 Å². The summed E-state index contributed by atoms with van der Waals surface area (Å²) in [6.07, 6.45) is 6.95. The first-order valence-corrected chi connectivity index (χ1v) is 17.8. The second-order valence-corrected chi connectivity index (χ2v) is 12.3. The Morgan fingerprint density at radius 2 is 1.69 bits per heavy atom. The normalized spacial score (nSPS) is 15.6. The van der Waals surface area contributed by atoms with Crippen LogP contribution in [0.4, 0.5) is 4.39 Å². The van der Waals surface area contributed by atoms with Crippen LogP contribution in [0.3, 0.4) is 0 Å². The molecule has 2 aromatic rings. The van der Waals surface area contributed by atoms with Crippen molar-refractivity contribution in [2.24, 2.45) is 11.8 Å². The standard InChI is InChI=1S/C20H28N2O3.C8H17NO2.C7H7F.2C2H6/c1-14(24)19(15-7-8-15)22-12-18-10-9-17-5-2-4-16(20(17)25-18)6-3-11-21-13-23;1-5-9-7(10)6(2)8(3,4)11;1-6-2-4-7(8)5-3-6;2*1-2/h2,4-5,13,15,18-19,22H,3,6-12H2,1H3,(H,21,23);6,11H,5H2,1-4H3,(H,9,10);2-5H,1H3;2*1-2H3. The third kappa shape index (κ3) is 17.7. The predicted molar refractivity (Wildman–Crippen MR) is 195 cm³/mol. The number of aryl methyl sites for hydroxylation is 3. The molecule has 3 unspecified atom stereocenters. The lowest BCUT2D eigenvalue weighted by Gasteiger charge is -2.29. The maximum absolute atomic E-state index is 12.1. The number of hydrogen-bond acceptors (Lipinski definition) is 6. The van der Waals surface area contributed by atoms with Crippen molar-refractivity contribution in [2.45, 2.75) is 126 Å². The number of Topliss-reactive ketones (excluding diaryl/α,β-unsaturated/α-hetero) is 1. The number of amides is 2. The number of rotatable bonds is 13. The zero-order chi connectivity index (χ0) is 36.7. The Morgan fingerprint density at radius 1 is 1.06 bits per heavy atom. The van der Waals surface area contributed by atoms with Crippen LogP contribution in [0.5, 0.6) is 5.75 Å². The smallest absolute Gasteiger partial charge is 0.225 e. The number of nitrogens with one attached hydrogen (secondary N) is 3. The van der Waals surface area contributed by atoms with Gasteiger partial charge < -0.3 is 25.8 Å². The molecule has 272 valence electrons. The Labute approximate surface area is 290 Å². The van der Waals surface area contributed by atoms with Gasteiger partial charge in [-0.25, -0.2) is 4.39 Å². The van der Waals surface area contributed by atoms with Gasteiger partial charge in [0.25, 0.3) is 0 Å². The van der Waals surface area contributed by atoms with E-state index in [1.807, 2.05) is 41.5 Å². The molecule has 1 aliphatic carbocycles. The van der Waals surface area contributed by atoms with Gasteiger partial charge in [-0.05, 0) is 102 Å². The SMILES string of the molecule is CC.CC.CC(=O)C(NCC1CCc2cccc(CCCNC=O)c2O1)C1CC1.CCNC(=O)C(C)C(C)(C)O.Cc1ccc(F)cc1. The molecule has 9 heteroatoms. The van der Waals surface area contributed by atoms with Crippen LogP contribution in [0.1, 0.15) is 105 Å². The van der Waals surface area contributed by atoms with Crippen LogP contribution in [0, 0.1) is 24.6 Å². The molecule has 0 aromatic heterocycles. The largest absolute Gasteiger partial charge is 0.489 e. The summed E-state index contributed by atoms with van der Waals surface area (Å²) in [5.41, 5.74) is 2.63. The molecule has 2 aromatic carbocycles. The van der Waals surface area contributed by atoms with Gasteiger partial charge in [-0.15, -0.1) is 0 Å². The first-order chi connectivity index (χ1) is 22.9. The number of hydrogen-bond donors (Lipinski definition) is 4. The van der Waals surface area contributed by atoms with Gasteiger partial charge >= 0.3 is 0 Å². The average Bonchev–Trinajstić information content (AvgIpc) is 3.92. The highest BCUT2D eigenvalue weighted by Gasteiger charge is 2.34. The zero-order valence-electron chi connectivity index (χ0n) is 31.3. The minimum atomic E-state index is -0.931. The van der Waals surface area contributed by atoms with Crippen molar-refractivity contribution in [3.8, 4) is 5.75 Å². The monoisotopic (exact) mass is 673 g/mol. The van der Waals surface area contributed by atoms with Crippen molar-refractivity contribution in [1.29, 1.82) is 0 Å². The molecule has 4 N–H and O–H groups in total. The van der Waals surface area contributed by atoms with Gasteiger partial charge in [-0.1, -0.05) is 70.5 Å². The summed E-state index contributed by atoms with van der Waals surface area (Å²) in [4.78, 5) is 33.3. The topological polar surface area (TPSA) is 117 Å². The summed E-state index contributed by atoms with van der Waals surface area (Å²) in [6, 6.07) is 12.7. The number of para-hydroxylation sites is 1. The van der Waals surface area contributed by atoms with Crippen LogP contribution in [0.15, 0.2) is 42.5 Å². The van der Waals surface area contributed by atoms with Crippen molar-refractivity contribution in [3.63, 3.8) is 0 Å². The molecule has 2 aliphatic rings. The van der Waals surface area contributed by atoms with Crippen LogP contribution in [-0.2, 0) is 27.2 Å². The number of fused-ring (bicyclic) bond motifs is 1. The first kappa shape index (κ1) is 44.7. The number of aliphatic hydroxyl groups is 1. The second kappa shape index (κ2) is 24.8. The molecule has 1 heterocycles. The van der Waals surface area contributed by atoms with E-state index in [4.69, 9.17) is 4.74 Å². The molecule has 8 nitrogen and oxygen atoms in total. The number of benzene rings is 2. The van der Waals surface area contributed by atoms with Crippen molar-refractivity contribution < 1.29 is 28.6 Å². The summed E-state index contributed by atoms with van der Waals surface area (Å²) in [5, 5.41) is 18.2. The molecule has 0 bridgehead atoms. The van der Waals surface area contributed by atoms with E-state index in [9.17, 15) is 23.9 Å². The fourth-order valence-corrected chi connectivity index (χ4v) is 4.82. The lowest BCUT2D eigenvalue weighted by atomic mass is 9.92. The van der Waals surface area contributed by atoms with E-state index in [-0.39, 0.29) is 35.6 Å². The number of ether oxygens (including phenoxy) is 1. The third-order valence-electron chi connectivity index (χ3n) is 7.96. The van der Waals surface area contributed by atoms with E-state index >= 15 is 0 Å². The van der Waals surface area contributed by atoms with Crippen molar-refractivity contribution in [2.75, 3.05) is 19.6 Å². The average molecular weight is 674 g/mol. The van der Waals surface area contributed by atoms with Crippen LogP contribution in [0.25, 0.3) is 0 Å². The van der Waals surface area contributed by atoms with Gasteiger partial charge in [0, 0.05) is 19.6 Å². The summed E-state index contributed by atoms with van der Waals surface area (Å²) < 4.78 is 18.4. The highest BCUT2D eigenvalue weighted by Crippen LogP contribution is 2.34. The van der Waals surface area contributed by atoms with Crippen LogP contribution in [0.2, 0.25) is 0 Å². The van der Waals surface area contributed by atoms with Gasteiger partial charge in [0.1, 0.15) is 23.5 Å². The third-order valence-corrected chi connectivity index (χ3v) is 7.96. The Morgan fingerprint density at radius 3 is 2.19 bits per heavy atom. The summed E-state index contributed by atoms with van der Waals surface area (Å²) in [7, 11) is 0. The Hall–Kier alpha value is -3.30. The molecule has 4 rings (SSSR count). The summed E-state index contributed by atoms with van der Waals surface area (Å²) in [6.45, 7) is 20.5. The Kier molecular flexibility index (Phi) is 23.1. The molecular weight excluding hydrogens is 609 g/mol. The molecule has 1 fully saturated rings. The van der Waals surface area contributed by atoms with E-state index in [2.05, 4.69) is 34.1 Å². The molecule has 2 amide bonds. The van der Waals surface area contributed by atoms with Crippen molar-refractivity contribution in [3.05, 3.63) is 65.0 Å². The highest BCUT2D eigenvalue weighted by atomic mass is 19.1. The summed E-state index contributed by atoms with van der Waals surface area (Å²) in [5.74, 6) is 1.15. The molecule has 48 heavy (non-hydrogen) atoms. The fraction of sp³-hybridized carbons (Fsp3) is 0.615. The summed E-state index contributed by atoms with van der Waals surface area (Å²) >= 11 is 0. The zero-order valence-corrected chi connectivity index (χ0v) is 31.3. The van der Waals surface area contributed by atoms with Gasteiger partial charge in [0.15, 0.2) is 0 Å². The van der Waals surface area contributed by atoms with Crippen LogP contribution >= 0.6 is 0 Å². The molecule has 3 atom stereocenters. The number of carbonyl (C=O) groups is 3. The maximum Gasteiger partial charge on any atom is 0.225 e. The minimum Gasteiger partial charge on any atom is -0.489 e. The van der Waals surface area contributed by atoms with Gasteiger partial charge in [0.2, 0.25) is 12.3 Å². The van der Waals surface area contributed by atoms with Crippen molar-refractivity contribution >= 4 is 18.1 Å². The molecule has 1 aliphatic heterocycles. The van der Waals surface area contributed by atoms with E-state index in [0.717, 1.165) is 62.8 Å². The van der Waals surface area contributed by atoms with E-state index < -0.39 is 5.60 Å². The number of ketones is 1. The minimum absolute atomic E-state index is 0.00495.